The van der Waals surface area contributed by atoms with Gasteiger partial charge in [-0.25, -0.2) is 0 Å². The molecule has 1 atom stereocenters. The molecule has 0 radical (unpaired) electrons. The Kier molecular flexibility index (Phi) is 12.8. The second-order valence-corrected chi connectivity index (χ2v) is 7.85. The van der Waals surface area contributed by atoms with Crippen molar-refractivity contribution in [1.29, 1.82) is 0 Å². The number of guanidine groups is 1. The number of piperidine rings is 1. The molecule has 30 heavy (non-hydrogen) atoms. The van der Waals surface area contributed by atoms with Crippen LogP contribution in [0.4, 0.5) is 0 Å². The van der Waals surface area contributed by atoms with Crippen molar-refractivity contribution in [3.8, 4) is 5.75 Å². The molecule has 0 aromatic heterocycles. The van der Waals surface area contributed by atoms with Gasteiger partial charge in [-0.1, -0.05) is 12.1 Å². The van der Waals surface area contributed by atoms with Crippen LogP contribution in [0.5, 0.6) is 5.75 Å². The molecule has 1 heterocycles. The van der Waals surface area contributed by atoms with Crippen LogP contribution in [-0.2, 0) is 4.79 Å². The Labute approximate surface area is 198 Å². The fourth-order valence-corrected chi connectivity index (χ4v) is 3.53. The monoisotopic (exact) mass is 531 g/mol. The zero-order valence-corrected chi connectivity index (χ0v) is 20.9. The third-order valence-corrected chi connectivity index (χ3v) is 5.29. The number of hydrogen-bond acceptors (Lipinski definition) is 4. The van der Waals surface area contributed by atoms with Gasteiger partial charge in [0.2, 0.25) is 5.91 Å². The fourth-order valence-electron chi connectivity index (χ4n) is 3.53. The maximum atomic E-state index is 11.2. The van der Waals surface area contributed by atoms with Gasteiger partial charge < -0.3 is 26.0 Å². The van der Waals surface area contributed by atoms with Gasteiger partial charge in [0, 0.05) is 19.5 Å². The summed E-state index contributed by atoms with van der Waals surface area (Å²) in [5.41, 5.74) is 6.58. The lowest BCUT2D eigenvalue weighted by Crippen LogP contribution is -2.42. The van der Waals surface area contributed by atoms with Gasteiger partial charge in [-0.05, 0) is 76.9 Å². The van der Waals surface area contributed by atoms with Gasteiger partial charge in [0.1, 0.15) is 11.9 Å². The van der Waals surface area contributed by atoms with E-state index >= 15 is 0 Å². The Morgan fingerprint density at radius 3 is 2.67 bits per heavy atom. The third kappa shape index (κ3) is 9.97. The minimum atomic E-state index is -0.147. The van der Waals surface area contributed by atoms with E-state index in [9.17, 15) is 4.79 Å². The lowest BCUT2D eigenvalue weighted by Gasteiger charge is -2.30. The predicted molar refractivity (Wildman–Crippen MR) is 134 cm³/mol. The van der Waals surface area contributed by atoms with Crippen molar-refractivity contribution in [2.45, 2.75) is 45.6 Å². The topological polar surface area (TPSA) is 92.0 Å². The number of benzene rings is 1. The molecule has 1 aromatic carbocycles. The molecule has 1 fully saturated rings. The summed E-state index contributed by atoms with van der Waals surface area (Å²) in [6.07, 6.45) is 4.03. The molecule has 7 nitrogen and oxygen atoms in total. The first-order chi connectivity index (χ1) is 14.0. The maximum absolute atomic E-state index is 11.2. The summed E-state index contributed by atoms with van der Waals surface area (Å²) in [4.78, 5) is 17.9. The van der Waals surface area contributed by atoms with Crippen molar-refractivity contribution in [3.63, 3.8) is 0 Å². The molecule has 2 rings (SSSR count). The molecule has 170 valence electrons. The number of ether oxygens (including phenoxy) is 1. The van der Waals surface area contributed by atoms with Crippen molar-refractivity contribution >= 4 is 35.8 Å². The summed E-state index contributed by atoms with van der Waals surface area (Å²) in [5.74, 6) is 1.61. The van der Waals surface area contributed by atoms with Gasteiger partial charge in [0.25, 0.3) is 0 Å². The number of carbonyl (C=O) groups excluding carboxylic acids is 1. The van der Waals surface area contributed by atoms with Gasteiger partial charge in [-0.3, -0.25) is 9.79 Å². The normalized spacial score (nSPS) is 16.4. The van der Waals surface area contributed by atoms with E-state index in [1.54, 1.807) is 7.05 Å². The van der Waals surface area contributed by atoms with Crippen LogP contribution in [-0.4, -0.2) is 62.6 Å². The number of hydrogen-bond donors (Lipinski definition) is 3. The SMILES string of the molecule is CN=C(NCCCCN1CCC(C(N)=O)CC1)NCC(C)Oc1cccc(C)c1.I. The molecule has 1 saturated heterocycles. The molecule has 4 N–H and O–H groups in total. The number of primary amides is 1. The number of rotatable bonds is 10. The number of halogens is 1. The van der Waals surface area contributed by atoms with Crippen LogP contribution in [0.25, 0.3) is 0 Å². The second kappa shape index (κ2) is 14.5. The Balaban J connectivity index is 0.00000450. The first-order valence-corrected chi connectivity index (χ1v) is 10.7. The van der Waals surface area contributed by atoms with Gasteiger partial charge >= 0.3 is 0 Å². The molecule has 0 bridgehead atoms. The van der Waals surface area contributed by atoms with E-state index in [2.05, 4.69) is 33.5 Å². The summed E-state index contributed by atoms with van der Waals surface area (Å²) < 4.78 is 5.94. The summed E-state index contributed by atoms with van der Waals surface area (Å²) in [7, 11) is 1.78. The molecule has 1 aliphatic rings. The molecular formula is C22H38IN5O2. The smallest absolute Gasteiger partial charge is 0.220 e. The van der Waals surface area contributed by atoms with Crippen LogP contribution in [0.3, 0.4) is 0 Å². The quantitative estimate of drug-likeness (QED) is 0.187. The average molecular weight is 531 g/mol. The molecular weight excluding hydrogens is 493 g/mol. The van der Waals surface area contributed by atoms with Crippen molar-refractivity contribution in [2.75, 3.05) is 39.8 Å². The lowest BCUT2D eigenvalue weighted by molar-refractivity contribution is -0.123. The van der Waals surface area contributed by atoms with Crippen LogP contribution in [0.15, 0.2) is 29.3 Å². The largest absolute Gasteiger partial charge is 0.489 e. The summed E-state index contributed by atoms with van der Waals surface area (Å²) >= 11 is 0. The van der Waals surface area contributed by atoms with Crippen LogP contribution < -0.4 is 21.1 Å². The maximum Gasteiger partial charge on any atom is 0.220 e. The number of carbonyl (C=O) groups is 1. The van der Waals surface area contributed by atoms with E-state index in [0.29, 0.717) is 6.54 Å². The van der Waals surface area contributed by atoms with Crippen LogP contribution >= 0.6 is 24.0 Å². The standard InChI is InChI=1S/C22H37N5O2.HI/c1-17-7-6-8-20(15-17)29-18(2)16-26-22(24-3)25-11-4-5-12-27-13-9-19(10-14-27)21(23)28;/h6-8,15,18-19H,4-5,9-14,16H2,1-3H3,(H2,23,28)(H2,24,25,26);1H. The molecule has 1 aliphatic heterocycles. The summed E-state index contributed by atoms with van der Waals surface area (Å²) in [6.45, 7) is 8.69. The Morgan fingerprint density at radius 1 is 1.30 bits per heavy atom. The molecule has 8 heteroatoms. The Morgan fingerprint density at radius 2 is 2.03 bits per heavy atom. The number of nitrogens with zero attached hydrogens (tertiary/aromatic N) is 2. The first-order valence-electron chi connectivity index (χ1n) is 10.7. The lowest BCUT2D eigenvalue weighted by atomic mass is 9.96. The number of aliphatic imine (C=N–C) groups is 1. The zero-order valence-electron chi connectivity index (χ0n) is 18.5. The molecule has 1 unspecified atom stereocenters. The molecule has 1 aromatic rings. The molecule has 0 aliphatic carbocycles. The number of amides is 1. The highest BCUT2D eigenvalue weighted by atomic mass is 127. The highest BCUT2D eigenvalue weighted by Gasteiger charge is 2.22. The highest BCUT2D eigenvalue weighted by molar-refractivity contribution is 14.0. The Hall–Kier alpha value is -1.55. The molecule has 1 amide bonds. The van der Waals surface area contributed by atoms with Crippen molar-refractivity contribution in [2.24, 2.45) is 16.6 Å². The van der Waals surface area contributed by atoms with Gasteiger partial charge in [-0.2, -0.15) is 0 Å². The van der Waals surface area contributed by atoms with Gasteiger partial charge in [0.05, 0.1) is 6.54 Å². The van der Waals surface area contributed by atoms with E-state index in [4.69, 9.17) is 10.5 Å². The number of nitrogens with one attached hydrogen (secondary N) is 2. The third-order valence-electron chi connectivity index (χ3n) is 5.29. The zero-order chi connectivity index (χ0) is 21.1. The molecule has 0 saturated carbocycles. The second-order valence-electron chi connectivity index (χ2n) is 7.85. The van der Waals surface area contributed by atoms with Crippen LogP contribution in [0.1, 0.15) is 38.2 Å². The van der Waals surface area contributed by atoms with E-state index in [0.717, 1.165) is 63.6 Å². The van der Waals surface area contributed by atoms with Crippen LogP contribution in [0, 0.1) is 12.8 Å². The van der Waals surface area contributed by atoms with Crippen LogP contribution in [0.2, 0.25) is 0 Å². The minimum absolute atomic E-state index is 0. The summed E-state index contributed by atoms with van der Waals surface area (Å²) in [6, 6.07) is 8.09. The number of nitrogens with two attached hydrogens (primary N) is 1. The van der Waals surface area contributed by atoms with Crippen molar-refractivity contribution in [3.05, 3.63) is 29.8 Å². The van der Waals surface area contributed by atoms with Crippen molar-refractivity contribution in [1.82, 2.24) is 15.5 Å². The average Bonchev–Trinajstić information content (AvgIpc) is 2.70. The number of likely N-dealkylation sites (tertiary alicyclic amines) is 1. The van der Waals surface area contributed by atoms with E-state index < -0.39 is 0 Å². The number of unbranched alkanes of at least 4 members (excludes halogenated alkanes) is 1. The van der Waals surface area contributed by atoms with E-state index in [1.165, 1.54) is 5.56 Å². The Bertz CT molecular complexity index is 663. The molecule has 0 spiro atoms. The van der Waals surface area contributed by atoms with E-state index in [1.807, 2.05) is 25.1 Å². The van der Waals surface area contributed by atoms with Crippen molar-refractivity contribution < 1.29 is 9.53 Å². The number of aryl methyl sites for hydroxylation is 1. The predicted octanol–water partition coefficient (Wildman–Crippen LogP) is 2.52. The van der Waals surface area contributed by atoms with Gasteiger partial charge in [-0.15, -0.1) is 24.0 Å². The first kappa shape index (κ1) is 26.5. The fraction of sp³-hybridized carbons (Fsp3) is 0.636. The summed E-state index contributed by atoms with van der Waals surface area (Å²) in [5, 5.41) is 6.68. The van der Waals surface area contributed by atoms with E-state index in [-0.39, 0.29) is 41.9 Å². The minimum Gasteiger partial charge on any atom is -0.489 e. The van der Waals surface area contributed by atoms with Gasteiger partial charge in [0.15, 0.2) is 5.96 Å². The highest BCUT2D eigenvalue weighted by Crippen LogP contribution is 2.17.